The number of likely N-dealkylation sites (tertiary alicyclic amines) is 1. The van der Waals surface area contributed by atoms with E-state index in [1.165, 1.54) is 0 Å². The second-order valence-corrected chi connectivity index (χ2v) is 13.6. The molecule has 1 N–H and O–H groups in total. The fraction of sp³-hybridized carbons (Fsp3) is 0.472. The Kier molecular flexibility index (Phi) is 10.7. The van der Waals surface area contributed by atoms with E-state index < -0.39 is 22.6 Å². The van der Waals surface area contributed by atoms with Gasteiger partial charge < -0.3 is 24.5 Å². The SMILES string of the molecule is C=CCN(Cc1ccccc1)C(=O)C1N(CCCCCO)C(=O)[C@@H]2[C@@H](C(=O)N(CC=C)c3ccc(OCC)cc3)[C@H]3CCC12S3. The van der Waals surface area contributed by atoms with Gasteiger partial charge in [-0.05, 0) is 68.9 Å². The Labute approximate surface area is 271 Å². The molecule has 5 atom stereocenters. The van der Waals surface area contributed by atoms with Gasteiger partial charge in [-0.2, -0.15) is 0 Å². The highest BCUT2D eigenvalue weighted by Crippen LogP contribution is 2.66. The maximum Gasteiger partial charge on any atom is 0.247 e. The van der Waals surface area contributed by atoms with E-state index in [1.54, 1.807) is 38.6 Å². The van der Waals surface area contributed by atoms with Gasteiger partial charge in [0.2, 0.25) is 17.7 Å². The number of hydrogen-bond acceptors (Lipinski definition) is 6. The van der Waals surface area contributed by atoms with E-state index in [0.29, 0.717) is 52.0 Å². The first-order chi connectivity index (χ1) is 21.9. The molecule has 3 heterocycles. The number of rotatable bonds is 16. The van der Waals surface area contributed by atoms with Gasteiger partial charge in [0.25, 0.3) is 0 Å². The van der Waals surface area contributed by atoms with Crippen molar-refractivity contribution in [3.8, 4) is 5.75 Å². The third kappa shape index (κ3) is 6.42. The van der Waals surface area contributed by atoms with Crippen LogP contribution in [0.15, 0.2) is 79.9 Å². The zero-order chi connectivity index (χ0) is 32.0. The molecule has 45 heavy (non-hydrogen) atoms. The van der Waals surface area contributed by atoms with Gasteiger partial charge in [0.05, 0.1) is 23.2 Å². The van der Waals surface area contributed by atoms with E-state index in [9.17, 15) is 19.5 Å². The molecule has 9 heteroatoms. The Morgan fingerprint density at radius 1 is 1.04 bits per heavy atom. The average molecular weight is 632 g/mol. The Morgan fingerprint density at radius 3 is 2.44 bits per heavy atom. The van der Waals surface area contributed by atoms with Crippen LogP contribution in [0.2, 0.25) is 0 Å². The first-order valence-corrected chi connectivity index (χ1v) is 17.0. The summed E-state index contributed by atoms with van der Waals surface area (Å²) in [5.74, 6) is -0.691. The number of benzene rings is 2. The number of aliphatic hydroxyl groups is 1. The average Bonchev–Trinajstić information content (AvgIpc) is 3.69. The summed E-state index contributed by atoms with van der Waals surface area (Å²) in [6.45, 7) is 11.9. The van der Waals surface area contributed by atoms with Crippen LogP contribution in [0, 0.1) is 11.8 Å². The van der Waals surface area contributed by atoms with Crippen LogP contribution in [0.4, 0.5) is 5.69 Å². The summed E-state index contributed by atoms with van der Waals surface area (Å²) in [5.41, 5.74) is 1.73. The molecule has 3 saturated heterocycles. The van der Waals surface area contributed by atoms with Crippen molar-refractivity contribution in [2.75, 3.05) is 37.7 Å². The van der Waals surface area contributed by atoms with Gasteiger partial charge in [-0.15, -0.1) is 24.9 Å². The van der Waals surface area contributed by atoms with Gasteiger partial charge in [0, 0.05) is 43.7 Å². The second kappa shape index (κ2) is 14.7. The van der Waals surface area contributed by atoms with Crippen molar-refractivity contribution < 1.29 is 24.2 Å². The van der Waals surface area contributed by atoms with Gasteiger partial charge >= 0.3 is 0 Å². The summed E-state index contributed by atoms with van der Waals surface area (Å²) in [6.07, 6.45) is 7.00. The maximum atomic E-state index is 14.6. The van der Waals surface area contributed by atoms with Crippen molar-refractivity contribution in [1.29, 1.82) is 0 Å². The minimum absolute atomic E-state index is 0.0460. The molecular weight excluding hydrogens is 586 g/mol. The monoisotopic (exact) mass is 631 g/mol. The van der Waals surface area contributed by atoms with E-state index in [2.05, 4.69) is 13.2 Å². The lowest BCUT2D eigenvalue weighted by atomic mass is 9.70. The highest BCUT2D eigenvalue weighted by atomic mass is 32.2. The first kappa shape index (κ1) is 32.8. The number of ether oxygens (including phenoxy) is 1. The molecule has 1 spiro atoms. The third-order valence-corrected chi connectivity index (χ3v) is 11.2. The van der Waals surface area contributed by atoms with Crippen molar-refractivity contribution in [3.63, 3.8) is 0 Å². The molecule has 0 aliphatic carbocycles. The summed E-state index contributed by atoms with van der Waals surface area (Å²) in [6, 6.07) is 16.6. The molecule has 3 amide bonds. The van der Waals surface area contributed by atoms with Crippen LogP contribution in [0.3, 0.4) is 0 Å². The zero-order valence-electron chi connectivity index (χ0n) is 26.2. The quantitative estimate of drug-likeness (QED) is 0.206. The Hall–Kier alpha value is -3.56. The smallest absolute Gasteiger partial charge is 0.247 e. The predicted molar refractivity (Wildman–Crippen MR) is 179 cm³/mol. The van der Waals surface area contributed by atoms with Crippen molar-refractivity contribution in [2.45, 2.75) is 61.6 Å². The molecular formula is C36H45N3O5S. The van der Waals surface area contributed by atoms with Gasteiger partial charge in [0.15, 0.2) is 0 Å². The normalized spacial score (nSPS) is 24.8. The molecule has 0 saturated carbocycles. The van der Waals surface area contributed by atoms with Crippen LogP contribution >= 0.6 is 11.8 Å². The predicted octanol–water partition coefficient (Wildman–Crippen LogP) is 5.07. The number of fused-ring (bicyclic) bond motifs is 1. The molecule has 240 valence electrons. The summed E-state index contributed by atoms with van der Waals surface area (Å²) in [7, 11) is 0. The van der Waals surface area contributed by atoms with E-state index in [-0.39, 0.29) is 29.6 Å². The lowest BCUT2D eigenvalue weighted by Gasteiger charge is -2.37. The van der Waals surface area contributed by atoms with Crippen LogP contribution in [0.1, 0.15) is 44.6 Å². The molecule has 2 aromatic carbocycles. The molecule has 0 aromatic heterocycles. The number of hydrogen-bond donors (Lipinski definition) is 1. The Bertz CT molecular complexity index is 1370. The number of thioether (sulfide) groups is 1. The summed E-state index contributed by atoms with van der Waals surface area (Å²) < 4.78 is 4.93. The van der Waals surface area contributed by atoms with Crippen LogP contribution < -0.4 is 9.64 Å². The molecule has 3 fully saturated rings. The minimum Gasteiger partial charge on any atom is -0.494 e. The van der Waals surface area contributed by atoms with E-state index >= 15 is 0 Å². The minimum atomic E-state index is -0.676. The number of nitrogens with zero attached hydrogens (tertiary/aromatic N) is 3. The van der Waals surface area contributed by atoms with Crippen LogP contribution in [-0.2, 0) is 20.9 Å². The number of unbranched alkanes of at least 4 members (excludes halogenated alkanes) is 2. The van der Waals surface area contributed by atoms with Crippen LogP contribution in [0.5, 0.6) is 5.75 Å². The number of aliphatic hydroxyl groups excluding tert-OH is 1. The number of anilines is 1. The van der Waals surface area contributed by atoms with E-state index in [4.69, 9.17) is 4.74 Å². The van der Waals surface area contributed by atoms with Crippen molar-refractivity contribution in [1.82, 2.24) is 9.80 Å². The molecule has 8 nitrogen and oxygen atoms in total. The number of amides is 3. The van der Waals surface area contributed by atoms with Gasteiger partial charge in [-0.3, -0.25) is 14.4 Å². The number of carbonyl (C=O) groups is 3. The zero-order valence-corrected chi connectivity index (χ0v) is 27.0. The van der Waals surface area contributed by atoms with Gasteiger partial charge in [0.1, 0.15) is 11.8 Å². The van der Waals surface area contributed by atoms with Crippen molar-refractivity contribution >= 4 is 35.2 Å². The molecule has 3 aliphatic rings. The maximum absolute atomic E-state index is 14.6. The molecule has 0 radical (unpaired) electrons. The molecule has 3 aliphatic heterocycles. The van der Waals surface area contributed by atoms with Crippen molar-refractivity contribution in [3.05, 3.63) is 85.5 Å². The molecule has 2 unspecified atom stereocenters. The summed E-state index contributed by atoms with van der Waals surface area (Å²) >= 11 is 1.69. The Morgan fingerprint density at radius 2 is 1.78 bits per heavy atom. The first-order valence-electron chi connectivity index (χ1n) is 16.1. The third-order valence-electron chi connectivity index (χ3n) is 9.29. The molecule has 2 aromatic rings. The molecule has 5 rings (SSSR count). The highest BCUT2D eigenvalue weighted by molar-refractivity contribution is 8.02. The topological polar surface area (TPSA) is 90.4 Å². The Balaban J connectivity index is 1.48. The summed E-state index contributed by atoms with van der Waals surface area (Å²) in [4.78, 5) is 48.9. The van der Waals surface area contributed by atoms with E-state index in [1.807, 2.05) is 61.5 Å². The fourth-order valence-corrected chi connectivity index (χ4v) is 9.62. The highest BCUT2D eigenvalue weighted by Gasteiger charge is 2.74. The van der Waals surface area contributed by atoms with E-state index in [0.717, 1.165) is 29.8 Å². The lowest BCUT2D eigenvalue weighted by molar-refractivity contribution is -0.143. The summed E-state index contributed by atoms with van der Waals surface area (Å²) in [5, 5.41) is 9.31. The second-order valence-electron chi connectivity index (χ2n) is 12.0. The fourth-order valence-electron chi connectivity index (χ4n) is 7.41. The van der Waals surface area contributed by atoms with Gasteiger partial charge in [-0.25, -0.2) is 0 Å². The number of carbonyl (C=O) groups excluding carboxylic acids is 3. The molecule has 2 bridgehead atoms. The largest absolute Gasteiger partial charge is 0.494 e. The lowest BCUT2D eigenvalue weighted by Crippen LogP contribution is -2.55. The van der Waals surface area contributed by atoms with Crippen LogP contribution in [-0.4, -0.2) is 81.5 Å². The van der Waals surface area contributed by atoms with Gasteiger partial charge in [-0.1, -0.05) is 42.5 Å². The standard InChI is InChI=1S/C36H45N3O5S/c1-4-21-37(25-26-13-9-7-10-14-26)35(43)32-36-20-19-29(45-36)30(31(36)34(42)39(32)23-11-8-12-24-40)33(41)38(22-5-2)27-15-17-28(18-16-27)44-6-3/h4-5,7,9-10,13-18,29-32,40H,1-2,6,8,11-12,19-25H2,3H3/t29-,30+,31+,32?,36?/m1/s1. The van der Waals surface area contributed by atoms with Crippen LogP contribution in [0.25, 0.3) is 0 Å². The van der Waals surface area contributed by atoms with Crippen molar-refractivity contribution in [2.24, 2.45) is 11.8 Å².